The fraction of sp³-hybridized carbons (Fsp3) is 0.474. The lowest BCUT2D eigenvalue weighted by atomic mass is 9.77. The number of aliphatic hydroxyl groups is 1. The normalized spacial score (nSPS) is 26.0. The fourth-order valence-corrected chi connectivity index (χ4v) is 3.55. The zero-order chi connectivity index (χ0) is 16.9. The zero-order valence-electron chi connectivity index (χ0n) is 14.1. The van der Waals surface area contributed by atoms with Crippen molar-refractivity contribution in [3.8, 4) is 17.0 Å². The molecule has 0 spiro atoms. The van der Waals surface area contributed by atoms with Crippen LogP contribution in [0.3, 0.4) is 0 Å². The first kappa shape index (κ1) is 15.4. The van der Waals surface area contributed by atoms with Crippen LogP contribution < -0.4 is 5.32 Å². The molecule has 2 aromatic rings. The number of aryl methyl sites for hydroxylation is 1. The molecule has 2 aliphatic rings. The van der Waals surface area contributed by atoms with Crippen molar-refractivity contribution >= 4 is 5.82 Å². The maximum Gasteiger partial charge on any atom is 0.149 e. The lowest BCUT2D eigenvalue weighted by molar-refractivity contribution is -0.0235. The van der Waals surface area contributed by atoms with Gasteiger partial charge >= 0.3 is 0 Å². The number of hydrogen-bond acceptors (Lipinski definition) is 5. The largest absolute Gasteiger partial charge is 0.507 e. The molecule has 4 rings (SSSR count). The minimum absolute atomic E-state index is 0.241. The van der Waals surface area contributed by atoms with Crippen molar-refractivity contribution in [3.63, 3.8) is 0 Å². The van der Waals surface area contributed by atoms with E-state index in [9.17, 15) is 10.2 Å². The molecular formula is C19H23N3O2. The van der Waals surface area contributed by atoms with Gasteiger partial charge in [0.25, 0.3) is 0 Å². The number of anilines is 1. The number of benzene rings is 1. The van der Waals surface area contributed by atoms with Crippen molar-refractivity contribution in [3.05, 3.63) is 35.4 Å². The van der Waals surface area contributed by atoms with Crippen LogP contribution in [0.5, 0.6) is 5.75 Å². The fourth-order valence-electron chi connectivity index (χ4n) is 3.55. The van der Waals surface area contributed by atoms with Crippen molar-refractivity contribution in [1.82, 2.24) is 10.2 Å². The Kier molecular flexibility index (Phi) is 3.49. The monoisotopic (exact) mass is 325 g/mol. The lowest BCUT2D eigenvalue weighted by Gasteiger charge is -2.41. The Balaban J connectivity index is 1.53. The average Bonchev–Trinajstić information content (AvgIpc) is 3.31. The zero-order valence-corrected chi connectivity index (χ0v) is 14.1. The van der Waals surface area contributed by atoms with Gasteiger partial charge in [-0.05, 0) is 74.8 Å². The van der Waals surface area contributed by atoms with Crippen LogP contribution in [0.15, 0.2) is 24.3 Å². The van der Waals surface area contributed by atoms with Crippen molar-refractivity contribution in [2.24, 2.45) is 0 Å². The number of aromatic nitrogens is 2. The summed E-state index contributed by atoms with van der Waals surface area (Å²) < 4.78 is 0. The average molecular weight is 325 g/mol. The van der Waals surface area contributed by atoms with Crippen LogP contribution in [0.1, 0.15) is 49.7 Å². The van der Waals surface area contributed by atoms with E-state index in [0.717, 1.165) is 24.0 Å². The van der Waals surface area contributed by atoms with E-state index in [2.05, 4.69) is 21.6 Å². The molecule has 2 aliphatic carbocycles. The number of phenolic OH excluding ortho intramolecular Hbond substituents is 1. The van der Waals surface area contributed by atoms with Gasteiger partial charge in [0.1, 0.15) is 11.6 Å². The van der Waals surface area contributed by atoms with Crippen LogP contribution in [0, 0.1) is 6.92 Å². The van der Waals surface area contributed by atoms with Gasteiger partial charge in [0, 0.05) is 11.6 Å². The van der Waals surface area contributed by atoms with Crippen LogP contribution >= 0.6 is 0 Å². The molecule has 2 fully saturated rings. The van der Waals surface area contributed by atoms with E-state index in [1.807, 2.05) is 32.0 Å². The molecule has 0 radical (unpaired) electrons. The SMILES string of the molecule is Cc1cc(NC2CC(C)(O)C2)nnc1-c1ccc(C2CC2)cc1O. The summed E-state index contributed by atoms with van der Waals surface area (Å²) in [6, 6.07) is 8.07. The third-order valence-corrected chi connectivity index (χ3v) is 5.03. The molecule has 0 unspecified atom stereocenters. The molecule has 5 nitrogen and oxygen atoms in total. The van der Waals surface area contributed by atoms with Crippen LogP contribution in [-0.4, -0.2) is 32.1 Å². The number of aromatic hydroxyl groups is 1. The highest BCUT2D eigenvalue weighted by atomic mass is 16.3. The van der Waals surface area contributed by atoms with Gasteiger partial charge in [-0.25, -0.2) is 0 Å². The summed E-state index contributed by atoms with van der Waals surface area (Å²) in [7, 11) is 0. The van der Waals surface area contributed by atoms with Gasteiger partial charge in [0.05, 0.1) is 11.3 Å². The summed E-state index contributed by atoms with van der Waals surface area (Å²) in [6.07, 6.45) is 3.87. The molecule has 0 amide bonds. The number of rotatable bonds is 4. The number of phenols is 1. The molecule has 2 saturated carbocycles. The van der Waals surface area contributed by atoms with E-state index < -0.39 is 5.60 Å². The smallest absolute Gasteiger partial charge is 0.149 e. The van der Waals surface area contributed by atoms with Crippen molar-refractivity contribution in [1.29, 1.82) is 0 Å². The van der Waals surface area contributed by atoms with Gasteiger partial charge in [-0.15, -0.1) is 10.2 Å². The summed E-state index contributed by atoms with van der Waals surface area (Å²) in [4.78, 5) is 0. The van der Waals surface area contributed by atoms with E-state index in [4.69, 9.17) is 0 Å². The molecule has 1 heterocycles. The molecule has 0 atom stereocenters. The highest BCUT2D eigenvalue weighted by Crippen LogP contribution is 2.43. The van der Waals surface area contributed by atoms with Gasteiger partial charge in [-0.3, -0.25) is 0 Å². The second-order valence-corrected chi connectivity index (χ2v) is 7.56. The Hall–Kier alpha value is -2.14. The number of nitrogens with zero attached hydrogens (tertiary/aromatic N) is 2. The molecular weight excluding hydrogens is 302 g/mol. The van der Waals surface area contributed by atoms with Gasteiger partial charge in [-0.1, -0.05) is 6.07 Å². The van der Waals surface area contributed by atoms with Crippen molar-refractivity contribution in [2.45, 2.75) is 57.1 Å². The first-order valence-electron chi connectivity index (χ1n) is 8.58. The summed E-state index contributed by atoms with van der Waals surface area (Å²) >= 11 is 0. The maximum absolute atomic E-state index is 10.4. The minimum Gasteiger partial charge on any atom is -0.507 e. The second kappa shape index (κ2) is 5.45. The Morgan fingerprint density at radius 3 is 2.50 bits per heavy atom. The topological polar surface area (TPSA) is 78.3 Å². The summed E-state index contributed by atoms with van der Waals surface area (Å²) in [5.74, 6) is 1.60. The van der Waals surface area contributed by atoms with Crippen LogP contribution in [0.2, 0.25) is 0 Å². The highest BCUT2D eigenvalue weighted by molar-refractivity contribution is 5.70. The van der Waals surface area contributed by atoms with E-state index in [-0.39, 0.29) is 11.8 Å². The van der Waals surface area contributed by atoms with Crippen LogP contribution in [0.25, 0.3) is 11.3 Å². The van der Waals surface area contributed by atoms with Gasteiger partial charge in [-0.2, -0.15) is 0 Å². The first-order chi connectivity index (χ1) is 11.4. The molecule has 1 aromatic heterocycles. The predicted molar refractivity (Wildman–Crippen MR) is 93.1 cm³/mol. The summed E-state index contributed by atoms with van der Waals surface area (Å²) in [6.45, 7) is 3.82. The third kappa shape index (κ3) is 2.96. The molecule has 1 aromatic carbocycles. The Labute approximate surface area is 141 Å². The van der Waals surface area contributed by atoms with Crippen LogP contribution in [0.4, 0.5) is 5.82 Å². The highest BCUT2D eigenvalue weighted by Gasteiger charge is 2.38. The Morgan fingerprint density at radius 1 is 1.17 bits per heavy atom. The molecule has 24 heavy (non-hydrogen) atoms. The number of hydrogen-bond donors (Lipinski definition) is 3. The third-order valence-electron chi connectivity index (χ3n) is 5.03. The molecule has 5 heteroatoms. The van der Waals surface area contributed by atoms with E-state index in [0.29, 0.717) is 17.4 Å². The van der Waals surface area contributed by atoms with E-state index in [1.165, 1.54) is 18.4 Å². The van der Waals surface area contributed by atoms with E-state index in [1.54, 1.807) is 0 Å². The molecule has 0 aliphatic heterocycles. The second-order valence-electron chi connectivity index (χ2n) is 7.56. The van der Waals surface area contributed by atoms with Gasteiger partial charge in [0.15, 0.2) is 0 Å². The van der Waals surface area contributed by atoms with Crippen molar-refractivity contribution < 1.29 is 10.2 Å². The van der Waals surface area contributed by atoms with Crippen molar-refractivity contribution in [2.75, 3.05) is 5.32 Å². The summed E-state index contributed by atoms with van der Waals surface area (Å²) in [5, 5.41) is 32.0. The predicted octanol–water partition coefficient (Wildman–Crippen LogP) is 3.36. The number of nitrogens with one attached hydrogen (secondary N) is 1. The molecule has 126 valence electrons. The minimum atomic E-state index is -0.560. The molecule has 3 N–H and O–H groups in total. The Bertz CT molecular complexity index is 776. The standard InChI is InChI=1S/C19H23N3O2/c1-11-7-17(20-14-9-19(2,24)10-14)21-22-18(11)15-6-5-13(8-16(15)23)12-3-4-12/h5-8,12,14,23-24H,3-4,9-10H2,1-2H3,(H,20,21). The summed E-state index contributed by atoms with van der Waals surface area (Å²) in [5.41, 5.74) is 3.05. The maximum atomic E-state index is 10.4. The molecule has 0 saturated heterocycles. The van der Waals surface area contributed by atoms with Gasteiger partial charge < -0.3 is 15.5 Å². The quantitative estimate of drug-likeness (QED) is 0.803. The Morgan fingerprint density at radius 2 is 1.92 bits per heavy atom. The van der Waals surface area contributed by atoms with E-state index >= 15 is 0 Å². The molecule has 0 bridgehead atoms. The van der Waals surface area contributed by atoms with Gasteiger partial charge in [0.2, 0.25) is 0 Å². The van der Waals surface area contributed by atoms with Crippen LogP contribution in [-0.2, 0) is 0 Å². The first-order valence-corrected chi connectivity index (χ1v) is 8.58. The lowest BCUT2D eigenvalue weighted by Crippen LogP contribution is -2.48.